The van der Waals surface area contributed by atoms with Crippen LogP contribution < -0.4 is 5.56 Å². The van der Waals surface area contributed by atoms with Crippen molar-refractivity contribution in [3.05, 3.63) is 52.4 Å². The predicted molar refractivity (Wildman–Crippen MR) is 60.4 cm³/mol. The van der Waals surface area contributed by atoms with Crippen molar-refractivity contribution in [1.29, 1.82) is 0 Å². The Morgan fingerprint density at radius 2 is 1.87 bits per heavy atom. The van der Waals surface area contributed by atoms with E-state index in [4.69, 9.17) is 0 Å². The van der Waals surface area contributed by atoms with Crippen LogP contribution in [0.3, 0.4) is 0 Å². The topological polar surface area (TPSA) is 26.9 Å². The molecule has 0 aliphatic rings. The molecule has 0 radical (unpaired) electrons. The van der Waals surface area contributed by atoms with E-state index in [-0.39, 0.29) is 5.56 Å². The molecule has 3 heteroatoms. The SMILES string of the molecule is CCn1c(C)cc(=O)n1-c1ccccc1. The number of hydrogen-bond acceptors (Lipinski definition) is 1. The van der Waals surface area contributed by atoms with Crippen molar-refractivity contribution in [2.75, 3.05) is 0 Å². The van der Waals surface area contributed by atoms with Crippen molar-refractivity contribution in [3.63, 3.8) is 0 Å². The summed E-state index contributed by atoms with van der Waals surface area (Å²) in [6.07, 6.45) is 0. The van der Waals surface area contributed by atoms with Gasteiger partial charge in [0.25, 0.3) is 5.56 Å². The van der Waals surface area contributed by atoms with Crippen molar-refractivity contribution in [2.45, 2.75) is 20.4 Å². The minimum absolute atomic E-state index is 0.0283. The first-order valence-corrected chi connectivity index (χ1v) is 5.09. The van der Waals surface area contributed by atoms with E-state index in [0.717, 1.165) is 17.9 Å². The number of aryl methyl sites for hydroxylation is 1. The molecule has 0 saturated carbocycles. The van der Waals surface area contributed by atoms with Crippen molar-refractivity contribution < 1.29 is 0 Å². The van der Waals surface area contributed by atoms with E-state index in [0.29, 0.717) is 0 Å². The van der Waals surface area contributed by atoms with E-state index in [9.17, 15) is 4.79 Å². The van der Waals surface area contributed by atoms with Gasteiger partial charge in [-0.1, -0.05) is 18.2 Å². The molecule has 1 aromatic heterocycles. The van der Waals surface area contributed by atoms with E-state index in [1.54, 1.807) is 10.7 Å². The van der Waals surface area contributed by atoms with Gasteiger partial charge in [-0.25, -0.2) is 4.68 Å². The van der Waals surface area contributed by atoms with E-state index in [2.05, 4.69) is 0 Å². The van der Waals surface area contributed by atoms with Crippen molar-refractivity contribution >= 4 is 0 Å². The summed E-state index contributed by atoms with van der Waals surface area (Å²) in [4.78, 5) is 11.8. The number of hydrogen-bond donors (Lipinski definition) is 0. The first kappa shape index (κ1) is 9.77. The summed E-state index contributed by atoms with van der Waals surface area (Å²) in [7, 11) is 0. The van der Waals surface area contributed by atoms with Gasteiger partial charge in [0.2, 0.25) is 0 Å². The van der Waals surface area contributed by atoms with Crippen LogP contribution in [0.15, 0.2) is 41.2 Å². The normalized spacial score (nSPS) is 10.5. The zero-order valence-corrected chi connectivity index (χ0v) is 8.97. The van der Waals surface area contributed by atoms with Gasteiger partial charge in [-0.2, -0.15) is 0 Å². The van der Waals surface area contributed by atoms with Crippen LogP contribution in [0.2, 0.25) is 0 Å². The molecule has 0 aliphatic carbocycles. The Hall–Kier alpha value is -1.77. The zero-order valence-electron chi connectivity index (χ0n) is 8.97. The van der Waals surface area contributed by atoms with Gasteiger partial charge in [-0.05, 0) is 26.0 Å². The monoisotopic (exact) mass is 202 g/mol. The third-order valence-electron chi connectivity index (χ3n) is 2.49. The van der Waals surface area contributed by atoms with Gasteiger partial charge in [0.05, 0.1) is 5.69 Å². The van der Waals surface area contributed by atoms with Crippen molar-refractivity contribution in [2.24, 2.45) is 0 Å². The number of rotatable bonds is 2. The average Bonchev–Trinajstić information content (AvgIpc) is 2.54. The fraction of sp³-hybridized carbons (Fsp3) is 0.250. The van der Waals surface area contributed by atoms with Crippen molar-refractivity contribution in [3.8, 4) is 5.69 Å². The largest absolute Gasteiger partial charge is 0.283 e. The maximum absolute atomic E-state index is 11.8. The molecule has 0 aliphatic heterocycles. The summed E-state index contributed by atoms with van der Waals surface area (Å²) in [5, 5.41) is 0. The van der Waals surface area contributed by atoms with E-state index >= 15 is 0 Å². The Morgan fingerprint density at radius 1 is 1.20 bits per heavy atom. The fourth-order valence-electron chi connectivity index (χ4n) is 1.82. The molecule has 0 saturated heterocycles. The molecule has 0 atom stereocenters. The molecular formula is C12H14N2O. The highest BCUT2D eigenvalue weighted by atomic mass is 16.1. The van der Waals surface area contributed by atoms with Gasteiger partial charge in [0, 0.05) is 18.3 Å². The number of nitrogens with zero attached hydrogens (tertiary/aromatic N) is 2. The number of aromatic nitrogens is 2. The minimum atomic E-state index is 0.0283. The molecule has 3 nitrogen and oxygen atoms in total. The highest BCUT2D eigenvalue weighted by molar-refractivity contribution is 5.30. The second-order valence-electron chi connectivity index (χ2n) is 3.49. The lowest BCUT2D eigenvalue weighted by atomic mass is 10.3. The summed E-state index contributed by atoms with van der Waals surface area (Å²) >= 11 is 0. The molecular weight excluding hydrogens is 188 g/mol. The van der Waals surface area contributed by atoms with Gasteiger partial charge < -0.3 is 0 Å². The minimum Gasteiger partial charge on any atom is -0.283 e. The second-order valence-corrected chi connectivity index (χ2v) is 3.49. The van der Waals surface area contributed by atoms with Gasteiger partial charge in [-0.3, -0.25) is 9.48 Å². The van der Waals surface area contributed by atoms with Crippen LogP contribution >= 0.6 is 0 Å². The lowest BCUT2D eigenvalue weighted by Gasteiger charge is -2.10. The molecule has 0 spiro atoms. The highest BCUT2D eigenvalue weighted by Gasteiger charge is 2.07. The average molecular weight is 202 g/mol. The highest BCUT2D eigenvalue weighted by Crippen LogP contribution is 2.06. The van der Waals surface area contributed by atoms with Crippen LogP contribution in [-0.2, 0) is 6.54 Å². The first-order valence-electron chi connectivity index (χ1n) is 5.09. The molecule has 0 fully saturated rings. The second kappa shape index (κ2) is 3.77. The Balaban J connectivity index is 2.67. The van der Waals surface area contributed by atoms with Crippen LogP contribution in [-0.4, -0.2) is 9.36 Å². The van der Waals surface area contributed by atoms with Crippen LogP contribution in [0.25, 0.3) is 5.69 Å². The smallest absolute Gasteiger partial charge is 0.271 e. The van der Waals surface area contributed by atoms with Crippen LogP contribution in [0.1, 0.15) is 12.6 Å². The molecule has 78 valence electrons. The van der Waals surface area contributed by atoms with Gasteiger partial charge in [0.15, 0.2) is 0 Å². The van der Waals surface area contributed by atoms with Crippen LogP contribution in [0.4, 0.5) is 0 Å². The molecule has 15 heavy (non-hydrogen) atoms. The summed E-state index contributed by atoms with van der Waals surface area (Å²) in [6, 6.07) is 11.4. The number of benzene rings is 1. The quantitative estimate of drug-likeness (QED) is 0.731. The zero-order chi connectivity index (χ0) is 10.8. The lowest BCUT2D eigenvalue weighted by molar-refractivity contribution is 0.559. The van der Waals surface area contributed by atoms with E-state index in [1.807, 2.05) is 48.9 Å². The number of para-hydroxylation sites is 1. The van der Waals surface area contributed by atoms with Gasteiger partial charge >= 0.3 is 0 Å². The molecule has 0 bridgehead atoms. The van der Waals surface area contributed by atoms with Crippen LogP contribution in [0, 0.1) is 6.92 Å². The summed E-state index contributed by atoms with van der Waals surface area (Å²) in [5.41, 5.74) is 1.93. The Kier molecular flexibility index (Phi) is 2.46. The maximum atomic E-state index is 11.8. The maximum Gasteiger partial charge on any atom is 0.271 e. The standard InChI is InChI=1S/C12H14N2O/c1-3-13-10(2)9-12(15)14(13)11-7-5-4-6-8-11/h4-9H,3H2,1-2H3. The third-order valence-corrected chi connectivity index (χ3v) is 2.49. The van der Waals surface area contributed by atoms with Crippen molar-refractivity contribution in [1.82, 2.24) is 9.36 Å². The molecule has 0 unspecified atom stereocenters. The lowest BCUT2D eigenvalue weighted by Crippen LogP contribution is -2.20. The summed E-state index contributed by atoms with van der Waals surface area (Å²) in [5.74, 6) is 0. The Labute approximate surface area is 88.6 Å². The molecule has 0 N–H and O–H groups in total. The summed E-state index contributed by atoms with van der Waals surface area (Å²) in [6.45, 7) is 4.78. The molecule has 0 amide bonds. The fourth-order valence-corrected chi connectivity index (χ4v) is 1.82. The molecule has 2 aromatic rings. The molecule has 2 rings (SSSR count). The van der Waals surface area contributed by atoms with E-state index < -0.39 is 0 Å². The van der Waals surface area contributed by atoms with Gasteiger partial charge in [-0.15, -0.1) is 0 Å². The van der Waals surface area contributed by atoms with E-state index in [1.165, 1.54) is 0 Å². The predicted octanol–water partition coefficient (Wildman–Crippen LogP) is 1.97. The first-order chi connectivity index (χ1) is 7.24. The third kappa shape index (κ3) is 1.61. The Morgan fingerprint density at radius 3 is 2.47 bits per heavy atom. The molecule has 1 aromatic carbocycles. The summed E-state index contributed by atoms with van der Waals surface area (Å²) < 4.78 is 3.67. The Bertz CT molecular complexity index is 508. The van der Waals surface area contributed by atoms with Gasteiger partial charge in [0.1, 0.15) is 0 Å². The van der Waals surface area contributed by atoms with Crippen LogP contribution in [0.5, 0.6) is 0 Å². The molecule has 1 heterocycles.